The van der Waals surface area contributed by atoms with Crippen LogP contribution in [0.25, 0.3) is 0 Å². The second-order valence-electron chi connectivity index (χ2n) is 2.11. The number of hydrogen-bond donors (Lipinski definition) is 0. The van der Waals surface area contributed by atoms with Gasteiger partial charge in [0, 0.05) is 10.0 Å². The van der Waals surface area contributed by atoms with Crippen LogP contribution in [0.2, 0.25) is 0 Å². The summed E-state index contributed by atoms with van der Waals surface area (Å²) in [5.74, 6) is 0.482. The lowest BCUT2D eigenvalue weighted by Gasteiger charge is -1.93. The molecule has 0 N–H and O–H groups in total. The lowest BCUT2D eigenvalue weighted by atomic mass is 10.2. The minimum atomic E-state index is 0.106. The van der Waals surface area contributed by atoms with E-state index in [9.17, 15) is 4.79 Å². The van der Waals surface area contributed by atoms with Crippen LogP contribution in [-0.4, -0.2) is 11.5 Å². The van der Waals surface area contributed by atoms with Crippen LogP contribution in [-0.2, 0) is 12.6 Å². The van der Waals surface area contributed by atoms with E-state index in [1.54, 1.807) is 12.1 Å². The summed E-state index contributed by atoms with van der Waals surface area (Å²) in [6.07, 6.45) is 0. The van der Waals surface area contributed by atoms with Gasteiger partial charge in [-0.3, -0.25) is 4.79 Å². The molecular formula is C8H8BrOS+. The minimum Gasteiger partial charge on any atom is -0.289 e. The highest BCUT2D eigenvalue weighted by Gasteiger charge is 2.04. The predicted octanol–water partition coefficient (Wildman–Crippen LogP) is 1.64. The van der Waals surface area contributed by atoms with Gasteiger partial charge in [0.1, 0.15) is 0 Å². The molecule has 0 saturated carbocycles. The van der Waals surface area contributed by atoms with Crippen molar-refractivity contribution in [3.8, 4) is 0 Å². The monoisotopic (exact) mass is 231 g/mol. The topological polar surface area (TPSA) is 17.1 Å². The molecule has 0 amide bonds. The largest absolute Gasteiger partial charge is 0.289 e. The Morgan fingerprint density at radius 3 is 2.36 bits per heavy atom. The van der Waals surface area contributed by atoms with Crippen molar-refractivity contribution in [1.29, 1.82) is 0 Å². The Morgan fingerprint density at radius 1 is 1.36 bits per heavy atom. The Balaban J connectivity index is 2.90. The van der Waals surface area contributed by atoms with Gasteiger partial charge in [-0.15, -0.1) is 0 Å². The zero-order chi connectivity index (χ0) is 8.27. The molecule has 58 valence electrons. The van der Waals surface area contributed by atoms with Gasteiger partial charge in [0.15, 0.2) is 5.75 Å². The highest BCUT2D eigenvalue weighted by atomic mass is 79.9. The summed E-state index contributed by atoms with van der Waals surface area (Å²) >= 11 is 6.45. The van der Waals surface area contributed by atoms with Gasteiger partial charge in [-0.05, 0) is 24.8 Å². The molecule has 0 aliphatic carbocycles. The first kappa shape index (κ1) is 8.81. The van der Waals surface area contributed by atoms with Crippen LogP contribution in [0.15, 0.2) is 28.7 Å². The molecule has 0 heterocycles. The summed E-state index contributed by atoms with van der Waals surface area (Å²) in [7, 11) is 0. The second kappa shape index (κ2) is 3.93. The molecule has 0 aromatic heterocycles. The Hall–Kier alpha value is -0.280. The van der Waals surface area contributed by atoms with Crippen LogP contribution in [0.5, 0.6) is 0 Å². The quantitative estimate of drug-likeness (QED) is 0.559. The lowest BCUT2D eigenvalue weighted by Crippen LogP contribution is -2.01. The summed E-state index contributed by atoms with van der Waals surface area (Å²) in [5, 5.41) is 0. The Kier molecular flexibility index (Phi) is 3.15. The SMILES string of the molecule is O=C(C[SH2+])c1ccc(Br)cc1. The Labute approximate surface area is 79.3 Å². The van der Waals surface area contributed by atoms with Crippen LogP contribution in [0.4, 0.5) is 0 Å². The third kappa shape index (κ3) is 2.34. The smallest absolute Gasteiger partial charge is 0.211 e. The van der Waals surface area contributed by atoms with Crippen molar-refractivity contribution >= 4 is 34.3 Å². The number of halogens is 1. The molecule has 0 fully saturated rings. The zero-order valence-electron chi connectivity index (χ0n) is 5.80. The van der Waals surface area contributed by atoms with Crippen molar-refractivity contribution in [1.82, 2.24) is 0 Å². The maximum atomic E-state index is 11.1. The predicted molar refractivity (Wildman–Crippen MR) is 53.5 cm³/mol. The number of carbonyl (C=O) groups is 1. The molecule has 3 heteroatoms. The zero-order valence-corrected chi connectivity index (χ0v) is 8.39. The van der Waals surface area contributed by atoms with Crippen molar-refractivity contribution in [3.05, 3.63) is 34.3 Å². The molecule has 0 unspecified atom stereocenters. The van der Waals surface area contributed by atoms with E-state index in [1.807, 2.05) is 12.1 Å². The van der Waals surface area contributed by atoms with Crippen molar-refractivity contribution < 1.29 is 4.79 Å². The number of hydrogen-bond acceptors (Lipinski definition) is 1. The number of carbonyl (C=O) groups excluding carboxylic acids is 1. The second-order valence-corrected chi connectivity index (χ2v) is 3.38. The standard InChI is InChI=1S/C8H7BrOS/c9-7-3-1-6(2-4-7)8(10)5-11/h1-4,11H,5H2/p+1. The maximum Gasteiger partial charge on any atom is 0.211 e. The molecular weight excluding hydrogens is 224 g/mol. The van der Waals surface area contributed by atoms with Gasteiger partial charge in [0.25, 0.3) is 0 Å². The van der Waals surface area contributed by atoms with E-state index in [0.29, 0.717) is 5.75 Å². The molecule has 0 saturated heterocycles. The molecule has 0 radical (unpaired) electrons. The molecule has 1 aromatic rings. The van der Waals surface area contributed by atoms with Gasteiger partial charge in [0.05, 0.1) is 0 Å². The van der Waals surface area contributed by atoms with E-state index in [4.69, 9.17) is 0 Å². The molecule has 0 bridgehead atoms. The number of benzene rings is 1. The molecule has 0 spiro atoms. The van der Waals surface area contributed by atoms with Crippen LogP contribution in [0.3, 0.4) is 0 Å². The molecule has 0 aliphatic heterocycles. The first-order valence-electron chi connectivity index (χ1n) is 3.17. The summed E-state index contributed by atoms with van der Waals surface area (Å²) in [5.41, 5.74) is 0.739. The van der Waals surface area contributed by atoms with Gasteiger partial charge in [0.2, 0.25) is 5.78 Å². The highest BCUT2D eigenvalue weighted by Crippen LogP contribution is 2.10. The molecule has 1 aromatic carbocycles. The van der Waals surface area contributed by atoms with E-state index < -0.39 is 0 Å². The number of rotatable bonds is 2. The van der Waals surface area contributed by atoms with Gasteiger partial charge in [-0.25, -0.2) is 0 Å². The molecule has 1 nitrogen and oxygen atoms in total. The van der Waals surface area contributed by atoms with Crippen LogP contribution in [0, 0.1) is 0 Å². The molecule has 0 atom stereocenters. The third-order valence-electron chi connectivity index (χ3n) is 1.33. The summed E-state index contributed by atoms with van der Waals surface area (Å²) in [6, 6.07) is 7.31. The van der Waals surface area contributed by atoms with Crippen molar-refractivity contribution in [3.63, 3.8) is 0 Å². The maximum absolute atomic E-state index is 11.1. The van der Waals surface area contributed by atoms with Gasteiger partial charge >= 0.3 is 0 Å². The molecule has 1 rings (SSSR count). The average molecular weight is 232 g/mol. The van der Waals surface area contributed by atoms with Crippen molar-refractivity contribution in [2.45, 2.75) is 0 Å². The molecule has 11 heavy (non-hydrogen) atoms. The van der Waals surface area contributed by atoms with Crippen molar-refractivity contribution in [2.24, 2.45) is 0 Å². The van der Waals surface area contributed by atoms with E-state index in [1.165, 1.54) is 0 Å². The van der Waals surface area contributed by atoms with E-state index >= 15 is 0 Å². The first-order valence-corrected chi connectivity index (χ1v) is 4.67. The van der Waals surface area contributed by atoms with Crippen LogP contribution >= 0.6 is 15.9 Å². The normalized spacial score (nSPS) is 9.64. The Bertz CT molecular complexity index is 255. The van der Waals surface area contributed by atoms with Gasteiger partial charge in [-0.2, -0.15) is 0 Å². The molecule has 0 aliphatic rings. The fourth-order valence-corrected chi connectivity index (χ4v) is 1.21. The number of Topliss-reactive ketones (excluding diaryl/α,β-unsaturated/α-hetero) is 1. The fraction of sp³-hybridized carbons (Fsp3) is 0.125. The Morgan fingerprint density at radius 2 is 1.91 bits per heavy atom. The number of ketones is 1. The van der Waals surface area contributed by atoms with Gasteiger partial charge in [-0.1, -0.05) is 28.1 Å². The minimum absolute atomic E-state index is 0.106. The van der Waals surface area contributed by atoms with Crippen LogP contribution < -0.4 is 0 Å². The summed E-state index contributed by atoms with van der Waals surface area (Å²) in [6.45, 7) is 0. The van der Waals surface area contributed by atoms with E-state index in [-0.39, 0.29) is 5.78 Å². The summed E-state index contributed by atoms with van der Waals surface area (Å²) < 4.78 is 0.989. The third-order valence-corrected chi connectivity index (χ3v) is 2.18. The fourth-order valence-electron chi connectivity index (χ4n) is 0.738. The van der Waals surface area contributed by atoms with E-state index in [2.05, 4.69) is 28.6 Å². The average Bonchev–Trinajstić information content (AvgIpc) is 2.05. The van der Waals surface area contributed by atoms with Gasteiger partial charge < -0.3 is 0 Å². The lowest BCUT2D eigenvalue weighted by molar-refractivity contribution is 0.102. The van der Waals surface area contributed by atoms with E-state index in [0.717, 1.165) is 10.0 Å². The van der Waals surface area contributed by atoms with Crippen molar-refractivity contribution in [2.75, 3.05) is 5.75 Å². The first-order chi connectivity index (χ1) is 5.24. The summed E-state index contributed by atoms with van der Waals surface area (Å²) in [4.78, 5) is 11.1. The highest BCUT2D eigenvalue weighted by molar-refractivity contribution is 9.10. The van der Waals surface area contributed by atoms with Crippen LogP contribution in [0.1, 0.15) is 10.4 Å².